The molecule has 1 N–H and O–H groups in total. The van der Waals surface area contributed by atoms with Gasteiger partial charge in [-0.25, -0.2) is 10.2 Å². The summed E-state index contributed by atoms with van der Waals surface area (Å²) in [5.74, 6) is 1.25. The maximum Gasteiger partial charge on any atom is 0.343 e. The van der Waals surface area contributed by atoms with E-state index >= 15 is 0 Å². The highest BCUT2D eigenvalue weighted by molar-refractivity contribution is 5.96. The summed E-state index contributed by atoms with van der Waals surface area (Å²) in [7, 11) is 4.42. The second kappa shape index (κ2) is 12.8. The summed E-state index contributed by atoms with van der Waals surface area (Å²) in [6.07, 6.45) is 2.38. The van der Waals surface area contributed by atoms with E-state index in [4.69, 9.17) is 23.7 Å². The van der Waals surface area contributed by atoms with E-state index in [1.807, 2.05) is 6.92 Å². The van der Waals surface area contributed by atoms with E-state index in [1.165, 1.54) is 39.7 Å². The van der Waals surface area contributed by atoms with Crippen LogP contribution in [0.2, 0.25) is 0 Å². The molecule has 0 aliphatic rings. The van der Waals surface area contributed by atoms with Crippen LogP contribution in [-0.2, 0) is 0 Å². The molecule has 188 valence electrons. The minimum absolute atomic E-state index is 0.286. The van der Waals surface area contributed by atoms with Crippen LogP contribution in [0.15, 0.2) is 65.8 Å². The highest BCUT2D eigenvalue weighted by Gasteiger charge is 2.16. The van der Waals surface area contributed by atoms with Gasteiger partial charge in [-0.1, -0.05) is 6.92 Å². The highest BCUT2D eigenvalue weighted by atomic mass is 16.5. The first-order chi connectivity index (χ1) is 17.5. The lowest BCUT2D eigenvalue weighted by molar-refractivity contribution is 0.0734. The number of esters is 1. The zero-order chi connectivity index (χ0) is 25.9. The first-order valence-corrected chi connectivity index (χ1v) is 11.2. The van der Waals surface area contributed by atoms with Gasteiger partial charge in [0.05, 0.1) is 39.7 Å². The number of amides is 1. The van der Waals surface area contributed by atoms with Gasteiger partial charge in [-0.2, -0.15) is 5.10 Å². The first kappa shape index (κ1) is 26.1. The normalized spacial score (nSPS) is 10.6. The number of nitrogens with zero attached hydrogens (tertiary/aromatic N) is 1. The van der Waals surface area contributed by atoms with E-state index in [0.717, 1.165) is 6.42 Å². The average molecular weight is 493 g/mol. The summed E-state index contributed by atoms with van der Waals surface area (Å²) in [5.41, 5.74) is 3.85. The quantitative estimate of drug-likeness (QED) is 0.182. The molecule has 9 nitrogen and oxygen atoms in total. The Morgan fingerprint density at radius 2 is 1.44 bits per heavy atom. The maximum absolute atomic E-state index is 12.5. The van der Waals surface area contributed by atoms with Gasteiger partial charge in [0.25, 0.3) is 5.91 Å². The van der Waals surface area contributed by atoms with Crippen LogP contribution in [0.4, 0.5) is 0 Å². The van der Waals surface area contributed by atoms with Crippen LogP contribution in [0.1, 0.15) is 39.6 Å². The molecule has 0 atom stereocenters. The number of carbonyl (C=O) groups excluding carboxylic acids is 2. The molecule has 0 radical (unpaired) electrons. The van der Waals surface area contributed by atoms with Gasteiger partial charge >= 0.3 is 5.97 Å². The molecule has 0 heterocycles. The number of nitrogens with one attached hydrogen (secondary N) is 1. The average Bonchev–Trinajstić information content (AvgIpc) is 2.92. The minimum Gasteiger partial charge on any atom is -0.494 e. The van der Waals surface area contributed by atoms with Crippen molar-refractivity contribution < 1.29 is 33.3 Å². The monoisotopic (exact) mass is 492 g/mol. The summed E-state index contributed by atoms with van der Waals surface area (Å²) >= 11 is 0. The van der Waals surface area contributed by atoms with Crippen molar-refractivity contribution in [1.82, 2.24) is 5.43 Å². The highest BCUT2D eigenvalue weighted by Crippen LogP contribution is 2.38. The van der Waals surface area contributed by atoms with Crippen molar-refractivity contribution in [3.8, 4) is 28.7 Å². The van der Waals surface area contributed by atoms with Crippen molar-refractivity contribution in [3.05, 3.63) is 77.4 Å². The van der Waals surface area contributed by atoms with Crippen molar-refractivity contribution in [2.45, 2.75) is 13.3 Å². The predicted octanol–water partition coefficient (Wildman–Crippen LogP) is 4.48. The fourth-order valence-electron chi connectivity index (χ4n) is 3.14. The summed E-state index contributed by atoms with van der Waals surface area (Å²) in [4.78, 5) is 24.9. The van der Waals surface area contributed by atoms with Crippen LogP contribution in [-0.4, -0.2) is 46.0 Å². The van der Waals surface area contributed by atoms with Crippen LogP contribution in [0.25, 0.3) is 0 Å². The standard InChI is InChI=1S/C27H28N2O7/c1-5-14-35-21-12-8-19(9-13-21)27(31)36-22-10-6-18(7-11-22)17-28-29-26(30)20-15-23(32-2)25(34-4)24(16-20)33-3/h6-13,15-17H,5,14H2,1-4H3,(H,29,30)/b28-17+. The Bertz CT molecular complexity index is 1180. The van der Waals surface area contributed by atoms with E-state index in [9.17, 15) is 9.59 Å². The molecule has 3 rings (SSSR count). The number of hydrazone groups is 1. The molecule has 0 saturated heterocycles. The molecule has 3 aromatic rings. The SMILES string of the molecule is CCCOc1ccc(C(=O)Oc2ccc(/C=N/NC(=O)c3cc(OC)c(OC)c(OC)c3)cc2)cc1. The second-order valence-corrected chi connectivity index (χ2v) is 7.44. The number of ether oxygens (including phenoxy) is 5. The third-order valence-electron chi connectivity index (χ3n) is 4.96. The Labute approximate surface area is 209 Å². The number of benzene rings is 3. The lowest BCUT2D eigenvalue weighted by Gasteiger charge is -2.13. The van der Waals surface area contributed by atoms with Gasteiger partial charge in [-0.05, 0) is 72.6 Å². The molecule has 0 fully saturated rings. The third-order valence-corrected chi connectivity index (χ3v) is 4.96. The fourth-order valence-corrected chi connectivity index (χ4v) is 3.14. The Morgan fingerprint density at radius 1 is 0.833 bits per heavy atom. The largest absolute Gasteiger partial charge is 0.494 e. The van der Waals surface area contributed by atoms with Gasteiger partial charge in [0.1, 0.15) is 11.5 Å². The second-order valence-electron chi connectivity index (χ2n) is 7.44. The number of methoxy groups -OCH3 is 3. The Morgan fingerprint density at radius 3 is 2.00 bits per heavy atom. The summed E-state index contributed by atoms with van der Waals surface area (Å²) in [6, 6.07) is 16.5. The zero-order valence-corrected chi connectivity index (χ0v) is 20.6. The Kier molecular flexibility index (Phi) is 9.27. The zero-order valence-electron chi connectivity index (χ0n) is 20.6. The molecule has 36 heavy (non-hydrogen) atoms. The molecular weight excluding hydrogens is 464 g/mol. The van der Waals surface area contributed by atoms with E-state index in [0.29, 0.717) is 46.5 Å². The summed E-state index contributed by atoms with van der Waals surface area (Å²) in [6.45, 7) is 2.64. The minimum atomic E-state index is -0.476. The summed E-state index contributed by atoms with van der Waals surface area (Å²) < 4.78 is 26.7. The van der Waals surface area contributed by atoms with Crippen molar-refractivity contribution in [3.63, 3.8) is 0 Å². The van der Waals surface area contributed by atoms with Crippen molar-refractivity contribution in [2.24, 2.45) is 5.10 Å². The van der Waals surface area contributed by atoms with Crippen molar-refractivity contribution >= 4 is 18.1 Å². The van der Waals surface area contributed by atoms with Gasteiger partial charge in [0.2, 0.25) is 5.75 Å². The van der Waals surface area contributed by atoms with E-state index in [2.05, 4.69) is 10.5 Å². The van der Waals surface area contributed by atoms with Gasteiger partial charge in [-0.3, -0.25) is 4.79 Å². The maximum atomic E-state index is 12.5. The van der Waals surface area contributed by atoms with Gasteiger partial charge in [-0.15, -0.1) is 0 Å². The van der Waals surface area contributed by atoms with Crippen LogP contribution >= 0.6 is 0 Å². The molecular formula is C27H28N2O7. The smallest absolute Gasteiger partial charge is 0.343 e. The van der Waals surface area contributed by atoms with Crippen LogP contribution in [0, 0.1) is 0 Å². The lowest BCUT2D eigenvalue weighted by atomic mass is 10.1. The Balaban J connectivity index is 1.58. The number of hydrogen-bond acceptors (Lipinski definition) is 8. The third kappa shape index (κ3) is 6.75. The van der Waals surface area contributed by atoms with Gasteiger partial charge in [0.15, 0.2) is 11.5 Å². The Hall–Kier alpha value is -4.53. The number of hydrogen-bond donors (Lipinski definition) is 1. The van der Waals surface area contributed by atoms with E-state index in [1.54, 1.807) is 48.5 Å². The number of carbonyl (C=O) groups is 2. The van der Waals surface area contributed by atoms with E-state index in [-0.39, 0.29) is 5.56 Å². The summed E-state index contributed by atoms with van der Waals surface area (Å²) in [5, 5.41) is 3.98. The lowest BCUT2D eigenvalue weighted by Crippen LogP contribution is -2.18. The molecule has 0 aliphatic heterocycles. The van der Waals surface area contributed by atoms with Gasteiger partial charge in [0, 0.05) is 5.56 Å². The molecule has 1 amide bonds. The van der Waals surface area contributed by atoms with E-state index < -0.39 is 11.9 Å². The predicted molar refractivity (Wildman–Crippen MR) is 135 cm³/mol. The number of rotatable bonds is 11. The molecule has 3 aromatic carbocycles. The van der Waals surface area contributed by atoms with Crippen LogP contribution in [0.5, 0.6) is 28.7 Å². The van der Waals surface area contributed by atoms with Crippen molar-refractivity contribution in [2.75, 3.05) is 27.9 Å². The molecule has 0 aliphatic carbocycles. The molecule has 9 heteroatoms. The molecule has 0 unspecified atom stereocenters. The molecule has 0 aromatic heterocycles. The molecule has 0 bridgehead atoms. The topological polar surface area (TPSA) is 105 Å². The van der Waals surface area contributed by atoms with Crippen molar-refractivity contribution in [1.29, 1.82) is 0 Å². The molecule has 0 spiro atoms. The van der Waals surface area contributed by atoms with Gasteiger partial charge < -0.3 is 23.7 Å². The van der Waals surface area contributed by atoms with Crippen LogP contribution in [0.3, 0.4) is 0 Å². The molecule has 0 saturated carbocycles. The fraction of sp³-hybridized carbons (Fsp3) is 0.222. The first-order valence-electron chi connectivity index (χ1n) is 11.2. The van der Waals surface area contributed by atoms with Crippen LogP contribution < -0.4 is 29.1 Å².